The predicted octanol–water partition coefficient (Wildman–Crippen LogP) is 2.79. The zero-order chi connectivity index (χ0) is 17.8. The van der Waals surface area contributed by atoms with Gasteiger partial charge < -0.3 is 9.15 Å². The largest absolute Gasteiger partial charge is 0.466 e. The number of rotatable bonds is 6. The Hall–Kier alpha value is -1.58. The first-order valence-electron chi connectivity index (χ1n) is 8.42. The van der Waals surface area contributed by atoms with Crippen LogP contribution < -0.4 is 0 Å². The summed E-state index contributed by atoms with van der Waals surface area (Å²) in [5.41, 5.74) is 0.946. The number of carbonyl (C=O) groups is 1. The Morgan fingerprint density at radius 2 is 2.24 bits per heavy atom. The van der Waals surface area contributed by atoms with Gasteiger partial charge in [-0.3, -0.25) is 9.69 Å². The molecule has 1 aliphatic heterocycles. The van der Waals surface area contributed by atoms with E-state index in [0.29, 0.717) is 30.4 Å². The molecule has 0 amide bonds. The molecular weight excluding hydrogens is 360 g/mol. The number of thiazole rings is 1. The fourth-order valence-corrected chi connectivity index (χ4v) is 3.72. The van der Waals surface area contributed by atoms with Crippen LogP contribution in [0, 0.1) is 17.7 Å². The quantitative estimate of drug-likeness (QED) is 0.562. The second-order valence-corrected chi connectivity index (χ2v) is 7.49. The monoisotopic (exact) mass is 382 g/mol. The molecule has 0 aromatic carbocycles. The third kappa shape index (κ3) is 4.74. The van der Waals surface area contributed by atoms with Crippen molar-refractivity contribution in [1.82, 2.24) is 19.7 Å². The van der Waals surface area contributed by atoms with Gasteiger partial charge >= 0.3 is 5.97 Å². The number of aromatic nitrogens is 3. The number of likely N-dealkylation sites (tertiary alicyclic amines) is 1. The van der Waals surface area contributed by atoms with E-state index in [2.05, 4.69) is 15.0 Å². The first-order valence-corrected chi connectivity index (χ1v) is 9.70. The maximum Gasteiger partial charge on any atom is 0.309 e. The molecule has 3 rings (SSSR count). The van der Waals surface area contributed by atoms with Gasteiger partial charge in [0.1, 0.15) is 0 Å². The molecule has 136 valence electrons. The van der Waals surface area contributed by atoms with E-state index in [-0.39, 0.29) is 11.9 Å². The Bertz CT molecular complexity index is 774. The molecule has 0 spiro atoms. The molecule has 0 radical (unpaired) electrons. The number of hydrogen-bond donors (Lipinski definition) is 0. The second kappa shape index (κ2) is 8.20. The van der Waals surface area contributed by atoms with Gasteiger partial charge in [0.05, 0.1) is 36.3 Å². The number of ether oxygens (including phenoxy) is 1. The molecular formula is C16H22N4O3S2. The molecule has 25 heavy (non-hydrogen) atoms. The van der Waals surface area contributed by atoms with Crippen LogP contribution >= 0.6 is 23.6 Å². The highest BCUT2D eigenvalue weighted by Crippen LogP contribution is 2.19. The van der Waals surface area contributed by atoms with Crippen LogP contribution in [0.3, 0.4) is 0 Å². The summed E-state index contributed by atoms with van der Waals surface area (Å²) in [5, 5.41) is 7.50. The Morgan fingerprint density at radius 3 is 2.88 bits per heavy atom. The van der Waals surface area contributed by atoms with Crippen molar-refractivity contribution in [3.63, 3.8) is 0 Å². The van der Waals surface area contributed by atoms with Crippen molar-refractivity contribution in [3.8, 4) is 0 Å². The topological polar surface area (TPSA) is 73.4 Å². The number of carbonyl (C=O) groups excluding carboxylic acids is 1. The van der Waals surface area contributed by atoms with Crippen LogP contribution in [-0.2, 0) is 22.6 Å². The van der Waals surface area contributed by atoms with Crippen molar-refractivity contribution in [3.05, 3.63) is 26.8 Å². The summed E-state index contributed by atoms with van der Waals surface area (Å²) in [6, 6.07) is 0. The average Bonchev–Trinajstić information content (AvgIpc) is 3.14. The third-order valence-corrected chi connectivity index (χ3v) is 5.30. The van der Waals surface area contributed by atoms with Gasteiger partial charge in [-0.05, 0) is 38.9 Å². The van der Waals surface area contributed by atoms with Gasteiger partial charge in [-0.2, -0.15) is 0 Å². The van der Waals surface area contributed by atoms with E-state index in [1.165, 1.54) is 0 Å². The first-order chi connectivity index (χ1) is 12.0. The van der Waals surface area contributed by atoms with Crippen LogP contribution in [0.2, 0.25) is 0 Å². The molecule has 0 bridgehead atoms. The highest BCUT2D eigenvalue weighted by molar-refractivity contribution is 7.71. The van der Waals surface area contributed by atoms with Crippen molar-refractivity contribution in [2.45, 2.75) is 39.8 Å². The van der Waals surface area contributed by atoms with E-state index in [1.54, 1.807) is 16.0 Å². The van der Waals surface area contributed by atoms with E-state index >= 15 is 0 Å². The molecule has 0 unspecified atom stereocenters. The lowest BCUT2D eigenvalue weighted by molar-refractivity contribution is -0.149. The van der Waals surface area contributed by atoms with E-state index < -0.39 is 0 Å². The van der Waals surface area contributed by atoms with E-state index in [1.807, 2.05) is 19.2 Å². The molecule has 1 aliphatic rings. The Morgan fingerprint density at radius 1 is 1.48 bits per heavy atom. The van der Waals surface area contributed by atoms with Crippen LogP contribution in [0.4, 0.5) is 0 Å². The van der Waals surface area contributed by atoms with E-state index in [4.69, 9.17) is 21.4 Å². The maximum atomic E-state index is 11.8. The lowest BCUT2D eigenvalue weighted by atomic mass is 9.97. The summed E-state index contributed by atoms with van der Waals surface area (Å²) in [6.07, 6.45) is 2.15. The molecule has 9 heteroatoms. The van der Waals surface area contributed by atoms with Gasteiger partial charge in [-0.25, -0.2) is 9.67 Å². The van der Waals surface area contributed by atoms with Crippen LogP contribution in [0.5, 0.6) is 0 Å². The zero-order valence-corrected chi connectivity index (χ0v) is 16.1. The van der Waals surface area contributed by atoms with Gasteiger partial charge in [0.2, 0.25) is 5.89 Å². The van der Waals surface area contributed by atoms with Gasteiger partial charge in [0.15, 0.2) is 0 Å². The lowest BCUT2D eigenvalue weighted by Crippen LogP contribution is -2.38. The Labute approximate surface area is 155 Å². The van der Waals surface area contributed by atoms with E-state index in [0.717, 1.165) is 36.6 Å². The number of nitrogens with zero attached hydrogens (tertiary/aromatic N) is 4. The number of esters is 1. The summed E-state index contributed by atoms with van der Waals surface area (Å²) in [6.45, 7) is 6.46. The van der Waals surface area contributed by atoms with Crippen molar-refractivity contribution < 1.29 is 13.9 Å². The predicted molar refractivity (Wildman–Crippen MR) is 95.9 cm³/mol. The van der Waals surface area contributed by atoms with Gasteiger partial charge in [-0.15, -0.1) is 16.4 Å². The fraction of sp³-hybridized carbons (Fsp3) is 0.625. The van der Waals surface area contributed by atoms with Crippen molar-refractivity contribution in [1.29, 1.82) is 0 Å². The minimum absolute atomic E-state index is 0.00458. The summed E-state index contributed by atoms with van der Waals surface area (Å²) in [7, 11) is 0. The molecule has 0 N–H and O–H groups in total. The Kier molecular flexibility index (Phi) is 5.98. The minimum Gasteiger partial charge on any atom is -0.466 e. The normalized spacial score (nSPS) is 16.2. The van der Waals surface area contributed by atoms with Gasteiger partial charge in [-0.1, -0.05) is 0 Å². The lowest BCUT2D eigenvalue weighted by Gasteiger charge is -2.30. The van der Waals surface area contributed by atoms with Crippen molar-refractivity contribution >= 4 is 29.5 Å². The molecule has 0 saturated carbocycles. The highest BCUT2D eigenvalue weighted by atomic mass is 32.1. The minimum atomic E-state index is -0.0824. The average molecular weight is 383 g/mol. The number of aryl methyl sites for hydroxylation is 1. The third-order valence-electron chi connectivity index (χ3n) is 4.19. The van der Waals surface area contributed by atoms with Gasteiger partial charge in [0.25, 0.3) is 4.84 Å². The molecule has 1 saturated heterocycles. The van der Waals surface area contributed by atoms with Crippen molar-refractivity contribution in [2.24, 2.45) is 5.92 Å². The molecule has 0 atom stereocenters. The number of piperidine rings is 1. The molecule has 0 aliphatic carbocycles. The maximum absolute atomic E-state index is 11.8. The van der Waals surface area contributed by atoms with Crippen LogP contribution in [0.1, 0.15) is 36.4 Å². The molecule has 1 fully saturated rings. The molecule has 2 aromatic heterocycles. The van der Waals surface area contributed by atoms with Gasteiger partial charge in [0, 0.05) is 18.5 Å². The SMILES string of the molecule is CCOC(=O)C1CCN(Cn2nc(Cc3csc(C)n3)oc2=S)CC1. The van der Waals surface area contributed by atoms with Crippen LogP contribution in [-0.4, -0.2) is 45.3 Å². The first kappa shape index (κ1) is 18.2. The highest BCUT2D eigenvalue weighted by Gasteiger charge is 2.26. The smallest absolute Gasteiger partial charge is 0.309 e. The zero-order valence-electron chi connectivity index (χ0n) is 14.4. The molecule has 7 nitrogen and oxygen atoms in total. The molecule has 3 heterocycles. The van der Waals surface area contributed by atoms with Crippen LogP contribution in [0.25, 0.3) is 0 Å². The number of hydrogen-bond acceptors (Lipinski definition) is 8. The Balaban J connectivity index is 1.55. The summed E-state index contributed by atoms with van der Waals surface area (Å²) >= 11 is 6.89. The summed E-state index contributed by atoms with van der Waals surface area (Å²) in [5.74, 6) is 0.502. The summed E-state index contributed by atoms with van der Waals surface area (Å²) in [4.78, 5) is 18.8. The molecule has 2 aromatic rings. The standard InChI is InChI=1S/C16H22N4O3S2/c1-3-22-15(21)12-4-6-19(7-5-12)10-20-16(24)23-14(18-20)8-13-9-25-11(2)17-13/h9,12H,3-8,10H2,1-2H3. The second-order valence-electron chi connectivity index (χ2n) is 6.08. The summed E-state index contributed by atoms with van der Waals surface area (Å²) < 4.78 is 12.4. The fourth-order valence-electron chi connectivity index (χ4n) is 2.91. The van der Waals surface area contributed by atoms with Crippen LogP contribution in [0.15, 0.2) is 9.80 Å². The van der Waals surface area contributed by atoms with Crippen molar-refractivity contribution in [2.75, 3.05) is 19.7 Å². The van der Waals surface area contributed by atoms with E-state index in [9.17, 15) is 4.79 Å².